The van der Waals surface area contributed by atoms with Gasteiger partial charge in [-0.1, -0.05) is 13.8 Å². The maximum atomic E-state index is 12.0. The third-order valence-corrected chi connectivity index (χ3v) is 3.40. The zero-order valence-electron chi connectivity index (χ0n) is 10.4. The van der Waals surface area contributed by atoms with Gasteiger partial charge in [-0.15, -0.1) is 5.06 Å². The van der Waals surface area contributed by atoms with Crippen molar-refractivity contribution in [1.82, 2.24) is 10.4 Å². The normalized spacial score (nSPS) is 37.0. The molecule has 1 aliphatic rings. The average Bonchev–Trinajstić information content (AvgIpc) is 2.41. The molecule has 88 valence electrons. The molecule has 0 radical (unpaired) electrons. The summed E-state index contributed by atoms with van der Waals surface area (Å²) in [6, 6.07) is 0. The van der Waals surface area contributed by atoms with E-state index in [0.29, 0.717) is 6.61 Å². The number of hydrogen-bond donors (Lipinski definition) is 1. The van der Waals surface area contributed by atoms with Gasteiger partial charge in [0, 0.05) is 0 Å². The third kappa shape index (κ3) is 1.76. The number of rotatable bonds is 4. The molecule has 0 aliphatic carbocycles. The maximum Gasteiger partial charge on any atom is 0.244 e. The van der Waals surface area contributed by atoms with Gasteiger partial charge < -0.3 is 5.32 Å². The van der Waals surface area contributed by atoms with Crippen LogP contribution in [0.1, 0.15) is 47.5 Å². The third-order valence-electron chi connectivity index (χ3n) is 3.40. The van der Waals surface area contributed by atoms with Gasteiger partial charge in [-0.25, -0.2) is 0 Å². The monoisotopic (exact) mass is 214 g/mol. The summed E-state index contributed by atoms with van der Waals surface area (Å²) in [4.78, 5) is 17.6. The second kappa shape index (κ2) is 4.10. The fourth-order valence-electron chi connectivity index (χ4n) is 2.02. The van der Waals surface area contributed by atoms with Crippen LogP contribution in [0.3, 0.4) is 0 Å². The Morgan fingerprint density at radius 2 is 1.87 bits per heavy atom. The zero-order chi connectivity index (χ0) is 11.7. The molecule has 1 N–H and O–H groups in total. The number of hydroxylamine groups is 2. The maximum absolute atomic E-state index is 12.0. The molecule has 1 amide bonds. The number of amides is 1. The number of carbonyl (C=O) groups excluding carboxylic acids is 1. The van der Waals surface area contributed by atoms with Crippen molar-refractivity contribution < 1.29 is 9.63 Å². The molecule has 1 rings (SSSR count). The van der Waals surface area contributed by atoms with Gasteiger partial charge in [-0.2, -0.15) is 0 Å². The highest BCUT2D eigenvalue weighted by atomic mass is 16.7. The largest absolute Gasteiger partial charge is 0.334 e. The van der Waals surface area contributed by atoms with Gasteiger partial charge in [0.1, 0.15) is 11.2 Å². The Morgan fingerprint density at radius 1 is 1.27 bits per heavy atom. The Hall–Kier alpha value is -0.610. The number of carbonyl (C=O) groups is 1. The molecule has 0 aromatic rings. The van der Waals surface area contributed by atoms with Crippen LogP contribution in [0, 0.1) is 0 Å². The first-order valence-corrected chi connectivity index (χ1v) is 5.70. The van der Waals surface area contributed by atoms with Crippen molar-refractivity contribution in [3.8, 4) is 0 Å². The van der Waals surface area contributed by atoms with Crippen molar-refractivity contribution in [3.05, 3.63) is 0 Å². The van der Waals surface area contributed by atoms with Crippen LogP contribution in [0.5, 0.6) is 0 Å². The van der Waals surface area contributed by atoms with E-state index < -0.39 is 5.54 Å². The smallest absolute Gasteiger partial charge is 0.244 e. The fourth-order valence-corrected chi connectivity index (χ4v) is 2.02. The lowest BCUT2D eigenvalue weighted by atomic mass is 9.98. The molecule has 0 saturated carbocycles. The quantitative estimate of drug-likeness (QED) is 0.774. The second-order valence-corrected chi connectivity index (χ2v) is 4.42. The Labute approximate surface area is 91.9 Å². The minimum absolute atomic E-state index is 0.0581. The van der Waals surface area contributed by atoms with E-state index in [0.717, 1.165) is 12.8 Å². The Bertz CT molecular complexity index is 257. The summed E-state index contributed by atoms with van der Waals surface area (Å²) >= 11 is 0. The van der Waals surface area contributed by atoms with E-state index in [1.165, 1.54) is 0 Å². The first-order valence-electron chi connectivity index (χ1n) is 5.70. The molecule has 0 aromatic heterocycles. The molecule has 1 heterocycles. The van der Waals surface area contributed by atoms with Crippen LogP contribution in [0.4, 0.5) is 0 Å². The molecule has 1 saturated heterocycles. The molecular weight excluding hydrogens is 192 g/mol. The highest BCUT2D eigenvalue weighted by molar-refractivity contribution is 5.88. The summed E-state index contributed by atoms with van der Waals surface area (Å²) in [7, 11) is 0. The molecule has 0 aromatic carbocycles. The first kappa shape index (κ1) is 12.5. The van der Waals surface area contributed by atoms with Crippen LogP contribution in [-0.2, 0) is 9.63 Å². The van der Waals surface area contributed by atoms with Crippen molar-refractivity contribution in [2.45, 2.75) is 58.7 Å². The molecule has 4 nitrogen and oxygen atoms in total. The van der Waals surface area contributed by atoms with Crippen LogP contribution < -0.4 is 5.32 Å². The average molecular weight is 214 g/mol. The van der Waals surface area contributed by atoms with E-state index in [9.17, 15) is 4.79 Å². The van der Waals surface area contributed by atoms with Crippen molar-refractivity contribution in [2.24, 2.45) is 0 Å². The molecule has 4 heteroatoms. The highest BCUT2D eigenvalue weighted by Crippen LogP contribution is 2.35. The summed E-state index contributed by atoms with van der Waals surface area (Å²) in [5.74, 6) is 0.0581. The van der Waals surface area contributed by atoms with E-state index in [2.05, 4.69) is 5.32 Å². The molecular formula is C11H22N2O2. The second-order valence-electron chi connectivity index (χ2n) is 4.42. The van der Waals surface area contributed by atoms with Crippen LogP contribution in [0.25, 0.3) is 0 Å². The molecule has 1 fully saturated rings. The molecule has 1 aliphatic heterocycles. The van der Waals surface area contributed by atoms with E-state index in [1.807, 2.05) is 39.7 Å². The lowest BCUT2D eigenvalue weighted by Crippen LogP contribution is -2.53. The standard InChI is InChI=1S/C11H22N2O2/c1-6-10(4)9(14)12-11(5,7-2)13(10)15-8-3/h6-8H2,1-5H3,(H,12,14). The molecule has 2 atom stereocenters. The van der Waals surface area contributed by atoms with Gasteiger partial charge in [-0.05, 0) is 33.6 Å². The highest BCUT2D eigenvalue weighted by Gasteiger charge is 2.55. The predicted octanol–water partition coefficient (Wildman–Crippen LogP) is 1.66. The summed E-state index contributed by atoms with van der Waals surface area (Å²) in [6.45, 7) is 10.5. The lowest BCUT2D eigenvalue weighted by molar-refractivity contribution is -0.247. The Balaban J connectivity index is 3.03. The predicted molar refractivity (Wildman–Crippen MR) is 59.0 cm³/mol. The van der Waals surface area contributed by atoms with Gasteiger partial charge in [0.2, 0.25) is 5.91 Å². The van der Waals surface area contributed by atoms with Gasteiger partial charge in [0.05, 0.1) is 6.61 Å². The van der Waals surface area contributed by atoms with Gasteiger partial charge >= 0.3 is 0 Å². The van der Waals surface area contributed by atoms with Gasteiger partial charge in [0.15, 0.2) is 0 Å². The number of nitrogens with zero attached hydrogens (tertiary/aromatic N) is 1. The molecule has 15 heavy (non-hydrogen) atoms. The lowest BCUT2D eigenvalue weighted by Gasteiger charge is -2.38. The summed E-state index contributed by atoms with van der Waals surface area (Å²) in [6.07, 6.45) is 1.57. The van der Waals surface area contributed by atoms with Gasteiger partial charge in [-0.3, -0.25) is 9.63 Å². The summed E-state index contributed by atoms with van der Waals surface area (Å²) < 4.78 is 0. The minimum atomic E-state index is -0.541. The van der Waals surface area contributed by atoms with E-state index >= 15 is 0 Å². The topological polar surface area (TPSA) is 41.6 Å². The van der Waals surface area contributed by atoms with Crippen LogP contribution in [-0.4, -0.2) is 28.8 Å². The zero-order valence-corrected chi connectivity index (χ0v) is 10.4. The van der Waals surface area contributed by atoms with E-state index in [-0.39, 0.29) is 11.6 Å². The van der Waals surface area contributed by atoms with Crippen molar-refractivity contribution in [2.75, 3.05) is 6.61 Å². The van der Waals surface area contributed by atoms with Crippen molar-refractivity contribution >= 4 is 5.91 Å². The Kier molecular flexibility index (Phi) is 3.41. The van der Waals surface area contributed by atoms with E-state index in [1.54, 1.807) is 0 Å². The van der Waals surface area contributed by atoms with Crippen LogP contribution in [0.15, 0.2) is 0 Å². The van der Waals surface area contributed by atoms with Crippen molar-refractivity contribution in [3.63, 3.8) is 0 Å². The van der Waals surface area contributed by atoms with Crippen LogP contribution in [0.2, 0.25) is 0 Å². The Morgan fingerprint density at radius 3 is 2.27 bits per heavy atom. The van der Waals surface area contributed by atoms with Gasteiger partial charge in [0.25, 0.3) is 0 Å². The van der Waals surface area contributed by atoms with Crippen LogP contribution >= 0.6 is 0 Å². The minimum Gasteiger partial charge on any atom is -0.334 e. The fraction of sp³-hybridized carbons (Fsp3) is 0.909. The summed E-state index contributed by atoms with van der Waals surface area (Å²) in [5, 5.41) is 4.85. The number of nitrogens with one attached hydrogen (secondary N) is 1. The summed E-state index contributed by atoms with van der Waals surface area (Å²) in [5.41, 5.74) is -0.918. The van der Waals surface area contributed by atoms with E-state index in [4.69, 9.17) is 4.84 Å². The number of hydrogen-bond acceptors (Lipinski definition) is 3. The SMILES string of the molecule is CCON1C(C)(CC)NC(=O)C1(C)CC. The first-order chi connectivity index (χ1) is 6.94. The molecule has 2 unspecified atom stereocenters. The molecule has 0 spiro atoms. The molecule has 0 bridgehead atoms. The van der Waals surface area contributed by atoms with Crippen molar-refractivity contribution in [1.29, 1.82) is 0 Å².